The zero-order valence-corrected chi connectivity index (χ0v) is 12.2. The van der Waals surface area contributed by atoms with Gasteiger partial charge in [0.15, 0.2) is 5.65 Å². The molecule has 3 heterocycles. The summed E-state index contributed by atoms with van der Waals surface area (Å²) in [7, 11) is 0. The highest BCUT2D eigenvalue weighted by Gasteiger charge is 2.11. The normalized spacial score (nSPS) is 11.2. The number of fused-ring (bicyclic) bond motifs is 1. The minimum absolute atomic E-state index is 0.370. The van der Waals surface area contributed by atoms with Crippen LogP contribution in [0.2, 0.25) is 0 Å². The van der Waals surface area contributed by atoms with Crippen LogP contribution in [-0.2, 0) is 12.4 Å². The van der Waals surface area contributed by atoms with Crippen LogP contribution in [0.15, 0.2) is 30.6 Å². The number of hydrogen-bond acceptors (Lipinski definition) is 3. The quantitative estimate of drug-likeness (QED) is 0.694. The van der Waals surface area contributed by atoms with Crippen molar-refractivity contribution in [2.45, 2.75) is 26.3 Å². The van der Waals surface area contributed by atoms with Gasteiger partial charge in [0.25, 0.3) is 0 Å². The molecule has 3 aromatic rings. The average Bonchev–Trinajstić information content (AvgIpc) is 2.78. The summed E-state index contributed by atoms with van der Waals surface area (Å²) in [6.07, 6.45) is 3.74. The molecule has 0 spiro atoms. The third-order valence-corrected chi connectivity index (χ3v) is 3.47. The van der Waals surface area contributed by atoms with E-state index >= 15 is 0 Å². The van der Waals surface area contributed by atoms with E-state index in [0.717, 1.165) is 33.8 Å². The zero-order valence-electron chi connectivity index (χ0n) is 11.5. The Balaban J connectivity index is 2.07. The Morgan fingerprint density at radius 2 is 2.00 bits per heavy atom. The topological polar surface area (TPSA) is 43.6 Å². The molecule has 0 saturated heterocycles. The first-order valence-corrected chi connectivity index (χ1v) is 7.00. The summed E-state index contributed by atoms with van der Waals surface area (Å²) in [5, 5.41) is 0. The Bertz CT molecular complexity index is 746. The fourth-order valence-electron chi connectivity index (χ4n) is 2.20. The zero-order chi connectivity index (χ0) is 14.1. The molecule has 3 aromatic heterocycles. The van der Waals surface area contributed by atoms with Crippen LogP contribution in [0.1, 0.15) is 22.6 Å². The maximum Gasteiger partial charge on any atom is 0.160 e. The number of pyridine rings is 2. The highest BCUT2D eigenvalue weighted by atomic mass is 35.5. The van der Waals surface area contributed by atoms with Gasteiger partial charge in [0.05, 0.1) is 12.4 Å². The smallest absolute Gasteiger partial charge is 0.160 e. The maximum absolute atomic E-state index is 6.01. The Morgan fingerprint density at radius 3 is 2.70 bits per heavy atom. The molecule has 0 atom stereocenters. The van der Waals surface area contributed by atoms with E-state index in [0.29, 0.717) is 12.4 Å². The third-order valence-electron chi connectivity index (χ3n) is 3.23. The molecule has 5 heteroatoms. The minimum atomic E-state index is 0.370. The molecule has 4 nitrogen and oxygen atoms in total. The second-order valence-electron chi connectivity index (χ2n) is 4.91. The number of rotatable bonds is 3. The van der Waals surface area contributed by atoms with Gasteiger partial charge in [0, 0.05) is 18.1 Å². The lowest BCUT2D eigenvalue weighted by Gasteiger charge is -2.07. The van der Waals surface area contributed by atoms with E-state index in [4.69, 9.17) is 11.6 Å². The van der Waals surface area contributed by atoms with E-state index in [9.17, 15) is 0 Å². The van der Waals surface area contributed by atoms with Gasteiger partial charge >= 0.3 is 0 Å². The van der Waals surface area contributed by atoms with Crippen LogP contribution in [0.5, 0.6) is 0 Å². The maximum atomic E-state index is 6.01. The van der Waals surface area contributed by atoms with Crippen molar-refractivity contribution in [2.75, 3.05) is 0 Å². The number of imidazole rings is 1. The molecule has 20 heavy (non-hydrogen) atoms. The van der Waals surface area contributed by atoms with Crippen molar-refractivity contribution < 1.29 is 0 Å². The van der Waals surface area contributed by atoms with Crippen LogP contribution < -0.4 is 0 Å². The Kier molecular flexibility index (Phi) is 3.40. The van der Waals surface area contributed by atoms with Crippen LogP contribution in [0.3, 0.4) is 0 Å². The van der Waals surface area contributed by atoms with Crippen LogP contribution in [0.4, 0.5) is 0 Å². The molecule has 0 unspecified atom stereocenters. The van der Waals surface area contributed by atoms with Gasteiger partial charge in [-0.05, 0) is 37.1 Å². The lowest BCUT2D eigenvalue weighted by atomic mass is 10.2. The summed E-state index contributed by atoms with van der Waals surface area (Å²) in [6.45, 7) is 4.67. The van der Waals surface area contributed by atoms with Gasteiger partial charge in [-0.3, -0.25) is 4.98 Å². The summed E-state index contributed by atoms with van der Waals surface area (Å²) >= 11 is 6.01. The van der Waals surface area contributed by atoms with E-state index in [1.165, 1.54) is 0 Å². The van der Waals surface area contributed by atoms with Crippen LogP contribution in [0.25, 0.3) is 11.2 Å². The summed E-state index contributed by atoms with van der Waals surface area (Å²) in [5.41, 5.74) is 4.98. The van der Waals surface area contributed by atoms with E-state index in [1.807, 2.05) is 42.9 Å². The molecule has 0 aliphatic heterocycles. The number of halogens is 1. The number of nitrogens with zero attached hydrogens (tertiary/aromatic N) is 4. The highest BCUT2D eigenvalue weighted by molar-refractivity contribution is 6.16. The molecule has 0 aromatic carbocycles. The van der Waals surface area contributed by atoms with Gasteiger partial charge in [-0.1, -0.05) is 6.07 Å². The van der Waals surface area contributed by atoms with Gasteiger partial charge in [0.2, 0.25) is 0 Å². The highest BCUT2D eigenvalue weighted by Crippen LogP contribution is 2.18. The Morgan fingerprint density at radius 1 is 1.15 bits per heavy atom. The van der Waals surface area contributed by atoms with Crippen molar-refractivity contribution >= 4 is 22.8 Å². The first-order chi connectivity index (χ1) is 9.67. The average molecular weight is 287 g/mol. The van der Waals surface area contributed by atoms with E-state index in [-0.39, 0.29) is 0 Å². The number of aryl methyl sites for hydroxylation is 2. The first-order valence-electron chi connectivity index (χ1n) is 6.46. The molecule has 3 rings (SSSR count). The molecule has 0 bridgehead atoms. The summed E-state index contributed by atoms with van der Waals surface area (Å²) < 4.78 is 2.05. The van der Waals surface area contributed by atoms with Crippen molar-refractivity contribution in [3.63, 3.8) is 0 Å². The standard InChI is InChI=1S/C15H15ClN4/c1-10-5-13-15(18-7-10)20(14(6-16)19-13)9-12-4-3-11(2)17-8-12/h3-5,7-8H,6,9H2,1-2H3. The van der Waals surface area contributed by atoms with Crippen LogP contribution in [-0.4, -0.2) is 19.5 Å². The molecule has 0 N–H and O–H groups in total. The molecule has 102 valence electrons. The van der Waals surface area contributed by atoms with Gasteiger partial charge in [-0.15, -0.1) is 11.6 Å². The molecular formula is C15H15ClN4. The second-order valence-corrected chi connectivity index (χ2v) is 5.18. The largest absolute Gasteiger partial charge is 0.307 e. The predicted molar refractivity (Wildman–Crippen MR) is 79.9 cm³/mol. The van der Waals surface area contributed by atoms with Crippen molar-refractivity contribution in [1.29, 1.82) is 0 Å². The Hall–Kier alpha value is -1.94. The summed E-state index contributed by atoms with van der Waals surface area (Å²) in [5.74, 6) is 1.20. The van der Waals surface area contributed by atoms with Crippen molar-refractivity contribution in [3.05, 3.63) is 53.2 Å². The molecule has 0 fully saturated rings. The summed E-state index contributed by atoms with van der Waals surface area (Å²) in [6, 6.07) is 6.11. The van der Waals surface area contributed by atoms with Gasteiger partial charge in [0.1, 0.15) is 11.3 Å². The monoisotopic (exact) mass is 286 g/mol. The van der Waals surface area contributed by atoms with Crippen molar-refractivity contribution in [3.8, 4) is 0 Å². The number of aromatic nitrogens is 4. The SMILES string of the molecule is Cc1cnc2c(c1)nc(CCl)n2Cc1ccc(C)nc1. The molecular weight excluding hydrogens is 272 g/mol. The lowest BCUT2D eigenvalue weighted by Crippen LogP contribution is -2.05. The van der Waals surface area contributed by atoms with Crippen molar-refractivity contribution in [1.82, 2.24) is 19.5 Å². The molecule has 0 aliphatic carbocycles. The molecule has 0 saturated carbocycles. The fourth-order valence-corrected chi connectivity index (χ4v) is 2.41. The second kappa shape index (κ2) is 5.21. The van der Waals surface area contributed by atoms with Crippen molar-refractivity contribution in [2.24, 2.45) is 0 Å². The van der Waals surface area contributed by atoms with Crippen LogP contribution >= 0.6 is 11.6 Å². The van der Waals surface area contributed by atoms with Crippen LogP contribution in [0, 0.1) is 13.8 Å². The number of hydrogen-bond donors (Lipinski definition) is 0. The molecule has 0 aliphatic rings. The molecule has 0 amide bonds. The lowest BCUT2D eigenvalue weighted by molar-refractivity contribution is 0.766. The van der Waals surface area contributed by atoms with E-state index in [2.05, 4.69) is 21.0 Å². The Labute approximate surface area is 122 Å². The van der Waals surface area contributed by atoms with Gasteiger partial charge in [-0.25, -0.2) is 9.97 Å². The first kappa shape index (κ1) is 13.1. The predicted octanol–water partition coefficient (Wildman–Crippen LogP) is 3.23. The molecule has 0 radical (unpaired) electrons. The van der Waals surface area contributed by atoms with Gasteiger partial charge in [-0.2, -0.15) is 0 Å². The van der Waals surface area contributed by atoms with Gasteiger partial charge < -0.3 is 4.57 Å². The summed E-state index contributed by atoms with van der Waals surface area (Å²) in [4.78, 5) is 13.4. The van der Waals surface area contributed by atoms with E-state index < -0.39 is 0 Å². The number of alkyl halides is 1. The third kappa shape index (κ3) is 2.39. The fraction of sp³-hybridized carbons (Fsp3) is 0.267. The minimum Gasteiger partial charge on any atom is -0.307 e. The van der Waals surface area contributed by atoms with E-state index in [1.54, 1.807) is 0 Å².